The van der Waals surface area contributed by atoms with Crippen LogP contribution in [0.4, 0.5) is 0 Å². The summed E-state index contributed by atoms with van der Waals surface area (Å²) >= 11 is 0. The summed E-state index contributed by atoms with van der Waals surface area (Å²) in [7, 11) is 1.84. The van der Waals surface area contributed by atoms with Crippen LogP contribution in [-0.4, -0.2) is 73.7 Å². The van der Waals surface area contributed by atoms with Crippen LogP contribution >= 0.6 is 0 Å². The van der Waals surface area contributed by atoms with Crippen LogP contribution in [0.5, 0.6) is 0 Å². The van der Waals surface area contributed by atoms with Crippen molar-refractivity contribution in [2.24, 2.45) is 0 Å². The molecule has 1 unspecified atom stereocenters. The average Bonchev–Trinajstić information content (AvgIpc) is 3.30. The molecule has 0 aromatic rings. The third kappa shape index (κ3) is 3.93. The first-order valence-electron chi connectivity index (χ1n) is 7.91. The molecule has 5 heteroatoms. The zero-order chi connectivity index (χ0) is 14.6. The number of piperazine rings is 1. The third-order valence-electron chi connectivity index (χ3n) is 4.68. The van der Waals surface area contributed by atoms with E-state index in [2.05, 4.69) is 15.1 Å². The van der Waals surface area contributed by atoms with Crippen molar-refractivity contribution < 1.29 is 9.53 Å². The van der Waals surface area contributed by atoms with Crippen LogP contribution in [0.15, 0.2) is 0 Å². The van der Waals surface area contributed by atoms with Crippen molar-refractivity contribution in [3.8, 4) is 0 Å². The maximum absolute atomic E-state index is 12.0. The molecule has 0 aromatic carbocycles. The van der Waals surface area contributed by atoms with E-state index in [0.717, 1.165) is 32.1 Å². The quantitative estimate of drug-likeness (QED) is 0.697. The van der Waals surface area contributed by atoms with Crippen molar-refractivity contribution in [1.29, 1.82) is 0 Å². The second-order valence-electron chi connectivity index (χ2n) is 6.16. The molecule has 1 atom stereocenters. The Hall–Kier alpha value is -0.650. The number of nitrogens with one attached hydrogen (secondary N) is 1. The van der Waals surface area contributed by atoms with E-state index < -0.39 is 5.54 Å². The molecule has 5 nitrogen and oxygen atoms in total. The highest BCUT2D eigenvalue weighted by molar-refractivity contribution is 5.80. The Labute approximate surface area is 122 Å². The van der Waals surface area contributed by atoms with Crippen LogP contribution < -0.4 is 5.32 Å². The van der Waals surface area contributed by atoms with Crippen molar-refractivity contribution in [2.45, 2.75) is 44.7 Å². The molecule has 1 N–H and O–H groups in total. The van der Waals surface area contributed by atoms with Crippen LogP contribution in [0, 0.1) is 0 Å². The Morgan fingerprint density at radius 1 is 1.30 bits per heavy atom. The fourth-order valence-corrected chi connectivity index (χ4v) is 2.79. The molecule has 1 saturated heterocycles. The van der Waals surface area contributed by atoms with Gasteiger partial charge in [-0.15, -0.1) is 0 Å². The second kappa shape index (κ2) is 6.87. The first kappa shape index (κ1) is 15.7. The third-order valence-corrected chi connectivity index (χ3v) is 4.68. The first-order chi connectivity index (χ1) is 9.59. The largest absolute Gasteiger partial charge is 0.465 e. The minimum atomic E-state index is -0.566. The van der Waals surface area contributed by atoms with E-state index in [9.17, 15) is 4.79 Å². The summed E-state index contributed by atoms with van der Waals surface area (Å²) in [5.74, 6) is -0.140. The molecule has 0 radical (unpaired) electrons. The zero-order valence-electron chi connectivity index (χ0n) is 13.2. The topological polar surface area (TPSA) is 44.8 Å². The SMILES string of the molecule is CCOC(=O)C(C)(CCN1CCN(C2CC2)CC1)NC. The number of nitrogens with zero attached hydrogens (tertiary/aromatic N) is 2. The van der Waals surface area contributed by atoms with E-state index in [0.29, 0.717) is 6.61 Å². The molecular weight excluding hydrogens is 254 g/mol. The highest BCUT2D eigenvalue weighted by Crippen LogP contribution is 2.27. The predicted octanol–water partition coefficient (Wildman–Crippen LogP) is 0.698. The van der Waals surface area contributed by atoms with E-state index in [-0.39, 0.29) is 5.97 Å². The van der Waals surface area contributed by atoms with Crippen molar-refractivity contribution in [2.75, 3.05) is 46.4 Å². The van der Waals surface area contributed by atoms with Gasteiger partial charge in [-0.3, -0.25) is 9.69 Å². The Balaban J connectivity index is 1.74. The lowest BCUT2D eigenvalue weighted by Crippen LogP contribution is -2.53. The summed E-state index contributed by atoms with van der Waals surface area (Å²) in [4.78, 5) is 17.1. The summed E-state index contributed by atoms with van der Waals surface area (Å²) in [5, 5.41) is 3.13. The van der Waals surface area contributed by atoms with Gasteiger partial charge >= 0.3 is 5.97 Å². The molecule has 1 saturated carbocycles. The first-order valence-corrected chi connectivity index (χ1v) is 7.91. The molecule has 0 amide bonds. The summed E-state index contributed by atoms with van der Waals surface area (Å²) in [6.45, 7) is 9.79. The molecule has 1 aliphatic heterocycles. The van der Waals surface area contributed by atoms with Gasteiger partial charge in [-0.1, -0.05) is 0 Å². The van der Waals surface area contributed by atoms with Crippen LogP contribution in [-0.2, 0) is 9.53 Å². The van der Waals surface area contributed by atoms with Gasteiger partial charge in [0.1, 0.15) is 5.54 Å². The highest BCUT2D eigenvalue weighted by atomic mass is 16.5. The molecule has 0 spiro atoms. The van der Waals surface area contributed by atoms with Gasteiger partial charge in [-0.05, 0) is 40.2 Å². The smallest absolute Gasteiger partial charge is 0.326 e. The molecular formula is C15H29N3O2. The molecule has 2 fully saturated rings. The molecule has 0 aromatic heterocycles. The average molecular weight is 283 g/mol. The normalized spacial score (nSPS) is 24.4. The van der Waals surface area contributed by atoms with E-state index in [1.807, 2.05) is 20.9 Å². The standard InChI is InChI=1S/C15H29N3O2/c1-4-20-14(19)15(2,16-3)7-8-17-9-11-18(12-10-17)13-5-6-13/h13,16H,4-12H2,1-3H3. The maximum Gasteiger partial charge on any atom is 0.326 e. The monoisotopic (exact) mass is 283 g/mol. The molecule has 20 heavy (non-hydrogen) atoms. The lowest BCUT2D eigenvalue weighted by atomic mass is 9.97. The van der Waals surface area contributed by atoms with Crippen LogP contribution in [0.1, 0.15) is 33.1 Å². The Morgan fingerprint density at radius 2 is 1.95 bits per heavy atom. The minimum Gasteiger partial charge on any atom is -0.465 e. The highest BCUT2D eigenvalue weighted by Gasteiger charge is 2.35. The van der Waals surface area contributed by atoms with Gasteiger partial charge in [0.25, 0.3) is 0 Å². The van der Waals surface area contributed by atoms with Gasteiger partial charge in [-0.25, -0.2) is 0 Å². The minimum absolute atomic E-state index is 0.140. The summed E-state index contributed by atoms with van der Waals surface area (Å²) in [6.07, 6.45) is 3.58. The number of carbonyl (C=O) groups excluding carboxylic acids is 1. The summed E-state index contributed by atoms with van der Waals surface area (Å²) < 4.78 is 5.17. The zero-order valence-corrected chi connectivity index (χ0v) is 13.2. The summed E-state index contributed by atoms with van der Waals surface area (Å²) in [6, 6.07) is 0.874. The van der Waals surface area contributed by atoms with Gasteiger partial charge in [-0.2, -0.15) is 0 Å². The van der Waals surface area contributed by atoms with Gasteiger partial charge in [0, 0.05) is 38.8 Å². The van der Waals surface area contributed by atoms with Gasteiger partial charge in [0.05, 0.1) is 6.61 Å². The van der Waals surface area contributed by atoms with Crippen molar-refractivity contribution in [1.82, 2.24) is 15.1 Å². The lowest BCUT2D eigenvalue weighted by Gasteiger charge is -2.36. The lowest BCUT2D eigenvalue weighted by molar-refractivity contribution is -0.150. The molecule has 1 aliphatic carbocycles. The van der Waals surface area contributed by atoms with Crippen LogP contribution in [0.25, 0.3) is 0 Å². The number of ether oxygens (including phenoxy) is 1. The number of carbonyl (C=O) groups is 1. The Bertz CT molecular complexity index is 325. The van der Waals surface area contributed by atoms with Crippen LogP contribution in [0.3, 0.4) is 0 Å². The van der Waals surface area contributed by atoms with E-state index in [1.54, 1.807) is 0 Å². The molecule has 116 valence electrons. The van der Waals surface area contributed by atoms with Gasteiger partial charge in [0.2, 0.25) is 0 Å². The van der Waals surface area contributed by atoms with Gasteiger partial charge in [0.15, 0.2) is 0 Å². The number of hydrogen-bond acceptors (Lipinski definition) is 5. The maximum atomic E-state index is 12.0. The number of esters is 1. The number of hydrogen-bond donors (Lipinski definition) is 1. The van der Waals surface area contributed by atoms with Gasteiger partial charge < -0.3 is 15.0 Å². The van der Waals surface area contributed by atoms with E-state index >= 15 is 0 Å². The van der Waals surface area contributed by atoms with E-state index in [4.69, 9.17) is 4.74 Å². The molecule has 0 bridgehead atoms. The fraction of sp³-hybridized carbons (Fsp3) is 0.933. The fourth-order valence-electron chi connectivity index (χ4n) is 2.79. The Kier molecular flexibility index (Phi) is 5.41. The predicted molar refractivity (Wildman–Crippen MR) is 79.7 cm³/mol. The number of rotatable bonds is 7. The van der Waals surface area contributed by atoms with E-state index in [1.165, 1.54) is 25.9 Å². The Morgan fingerprint density at radius 3 is 2.45 bits per heavy atom. The van der Waals surface area contributed by atoms with Crippen LogP contribution in [0.2, 0.25) is 0 Å². The second-order valence-corrected chi connectivity index (χ2v) is 6.16. The molecule has 1 heterocycles. The van der Waals surface area contributed by atoms with Crippen molar-refractivity contribution in [3.05, 3.63) is 0 Å². The van der Waals surface area contributed by atoms with Crippen molar-refractivity contribution >= 4 is 5.97 Å². The number of likely N-dealkylation sites (N-methyl/N-ethyl adjacent to an activating group) is 1. The van der Waals surface area contributed by atoms with Crippen molar-refractivity contribution in [3.63, 3.8) is 0 Å². The molecule has 2 aliphatic rings. The molecule has 2 rings (SSSR count). The summed E-state index contributed by atoms with van der Waals surface area (Å²) in [5.41, 5.74) is -0.566.